The van der Waals surface area contributed by atoms with Crippen molar-refractivity contribution in [1.82, 2.24) is 0 Å². The standard InChI is InChI=1S/C20H15Br2NO3S/c1-2-26-20(25)17-15(12-7-9-13(21)10-8-12)11-27-19(17)23-18(24)14-5-3-4-6-16(14)22/h3-11H,2H2,1H3,(H,23,24). The summed E-state index contributed by atoms with van der Waals surface area (Å²) in [5.74, 6) is -0.753. The Morgan fingerprint density at radius 2 is 1.78 bits per heavy atom. The molecule has 1 aromatic heterocycles. The molecule has 0 fully saturated rings. The number of ether oxygens (including phenoxy) is 1. The lowest BCUT2D eigenvalue weighted by Gasteiger charge is -2.09. The van der Waals surface area contributed by atoms with Gasteiger partial charge in [0.15, 0.2) is 0 Å². The van der Waals surface area contributed by atoms with Crippen LogP contribution in [-0.4, -0.2) is 18.5 Å². The molecular formula is C20H15Br2NO3S. The Morgan fingerprint density at radius 3 is 2.44 bits per heavy atom. The molecule has 0 unspecified atom stereocenters. The van der Waals surface area contributed by atoms with Crippen molar-refractivity contribution in [2.45, 2.75) is 6.92 Å². The van der Waals surface area contributed by atoms with E-state index in [-0.39, 0.29) is 12.5 Å². The fraction of sp³-hybridized carbons (Fsp3) is 0.100. The molecule has 1 N–H and O–H groups in total. The van der Waals surface area contributed by atoms with Gasteiger partial charge in [-0.25, -0.2) is 4.79 Å². The van der Waals surface area contributed by atoms with E-state index >= 15 is 0 Å². The monoisotopic (exact) mass is 507 g/mol. The van der Waals surface area contributed by atoms with Crippen molar-refractivity contribution in [3.63, 3.8) is 0 Å². The molecule has 0 saturated carbocycles. The normalized spacial score (nSPS) is 10.5. The Labute approximate surface area is 177 Å². The van der Waals surface area contributed by atoms with Gasteiger partial charge in [-0.2, -0.15) is 0 Å². The second-order valence-corrected chi connectivity index (χ2v) is 8.16. The maximum atomic E-state index is 12.7. The minimum absolute atomic E-state index is 0.256. The molecule has 0 spiro atoms. The lowest BCUT2D eigenvalue weighted by molar-refractivity contribution is 0.0529. The third kappa shape index (κ3) is 4.48. The average molecular weight is 509 g/mol. The molecule has 138 valence electrons. The number of halogens is 2. The number of anilines is 1. The van der Waals surface area contributed by atoms with Gasteiger partial charge in [0.2, 0.25) is 0 Å². The first-order valence-corrected chi connectivity index (χ1v) is 10.6. The van der Waals surface area contributed by atoms with Gasteiger partial charge in [0.25, 0.3) is 5.91 Å². The topological polar surface area (TPSA) is 55.4 Å². The van der Waals surface area contributed by atoms with E-state index in [2.05, 4.69) is 37.2 Å². The van der Waals surface area contributed by atoms with E-state index < -0.39 is 5.97 Å². The van der Waals surface area contributed by atoms with Gasteiger partial charge in [0, 0.05) is 19.9 Å². The molecule has 0 radical (unpaired) electrons. The van der Waals surface area contributed by atoms with E-state index in [1.165, 1.54) is 11.3 Å². The van der Waals surface area contributed by atoms with Crippen LogP contribution in [0.25, 0.3) is 11.1 Å². The van der Waals surface area contributed by atoms with Crippen LogP contribution in [0.5, 0.6) is 0 Å². The first kappa shape index (κ1) is 19.8. The molecule has 27 heavy (non-hydrogen) atoms. The molecule has 1 amide bonds. The van der Waals surface area contributed by atoms with Crippen LogP contribution in [0.1, 0.15) is 27.6 Å². The van der Waals surface area contributed by atoms with Gasteiger partial charge in [0.1, 0.15) is 10.6 Å². The van der Waals surface area contributed by atoms with Gasteiger partial charge in [-0.15, -0.1) is 11.3 Å². The number of carbonyl (C=O) groups is 2. The highest BCUT2D eigenvalue weighted by molar-refractivity contribution is 9.10. The summed E-state index contributed by atoms with van der Waals surface area (Å²) in [4.78, 5) is 25.3. The highest BCUT2D eigenvalue weighted by Gasteiger charge is 2.23. The summed E-state index contributed by atoms with van der Waals surface area (Å²) in [7, 11) is 0. The van der Waals surface area contributed by atoms with Crippen molar-refractivity contribution in [3.05, 3.63) is 74.0 Å². The quantitative estimate of drug-likeness (QED) is 0.407. The molecule has 0 bridgehead atoms. The number of carbonyl (C=O) groups excluding carboxylic acids is 2. The number of amides is 1. The number of hydrogen-bond donors (Lipinski definition) is 1. The number of benzene rings is 2. The molecule has 0 aliphatic heterocycles. The maximum absolute atomic E-state index is 12.7. The zero-order chi connectivity index (χ0) is 19.4. The van der Waals surface area contributed by atoms with E-state index in [0.29, 0.717) is 20.6 Å². The Hall–Kier alpha value is -1.96. The van der Waals surface area contributed by atoms with Crippen molar-refractivity contribution in [1.29, 1.82) is 0 Å². The predicted molar refractivity (Wildman–Crippen MR) is 116 cm³/mol. The van der Waals surface area contributed by atoms with E-state index in [1.807, 2.05) is 35.7 Å². The van der Waals surface area contributed by atoms with Gasteiger partial charge >= 0.3 is 5.97 Å². The van der Waals surface area contributed by atoms with Crippen LogP contribution in [0, 0.1) is 0 Å². The summed E-state index contributed by atoms with van der Waals surface area (Å²) in [6.45, 7) is 2.01. The Kier molecular flexibility index (Phi) is 6.46. The van der Waals surface area contributed by atoms with Crippen LogP contribution in [0.3, 0.4) is 0 Å². The Bertz CT molecular complexity index is 983. The second kappa shape index (κ2) is 8.82. The van der Waals surface area contributed by atoms with Gasteiger partial charge in [-0.3, -0.25) is 4.79 Å². The summed E-state index contributed by atoms with van der Waals surface area (Å²) >= 11 is 8.09. The van der Waals surface area contributed by atoms with Gasteiger partial charge in [-0.05, 0) is 52.7 Å². The third-order valence-corrected chi connectivity index (χ3v) is 5.89. The number of hydrogen-bond acceptors (Lipinski definition) is 4. The molecule has 1 heterocycles. The van der Waals surface area contributed by atoms with Gasteiger partial charge < -0.3 is 10.1 Å². The fourth-order valence-corrected chi connectivity index (χ4v) is 4.20. The van der Waals surface area contributed by atoms with Crippen molar-refractivity contribution in [2.24, 2.45) is 0 Å². The average Bonchev–Trinajstić information content (AvgIpc) is 3.06. The molecule has 0 atom stereocenters. The van der Waals surface area contributed by atoms with E-state index in [4.69, 9.17) is 4.74 Å². The lowest BCUT2D eigenvalue weighted by Crippen LogP contribution is -2.15. The molecule has 2 aromatic carbocycles. The fourth-order valence-electron chi connectivity index (χ4n) is 2.51. The highest BCUT2D eigenvalue weighted by atomic mass is 79.9. The van der Waals surface area contributed by atoms with Crippen LogP contribution in [0.2, 0.25) is 0 Å². The van der Waals surface area contributed by atoms with Crippen molar-refractivity contribution >= 4 is 60.1 Å². The van der Waals surface area contributed by atoms with Crippen LogP contribution < -0.4 is 5.32 Å². The number of nitrogens with one attached hydrogen (secondary N) is 1. The van der Waals surface area contributed by atoms with E-state index in [1.54, 1.807) is 25.1 Å². The van der Waals surface area contributed by atoms with Crippen LogP contribution >= 0.6 is 43.2 Å². The van der Waals surface area contributed by atoms with Crippen molar-refractivity contribution in [3.8, 4) is 11.1 Å². The molecule has 0 aliphatic rings. The zero-order valence-electron chi connectivity index (χ0n) is 14.3. The smallest absolute Gasteiger partial charge is 0.341 e. The summed E-state index contributed by atoms with van der Waals surface area (Å²) in [5, 5.41) is 5.17. The van der Waals surface area contributed by atoms with E-state index in [9.17, 15) is 9.59 Å². The first-order valence-electron chi connectivity index (χ1n) is 8.11. The predicted octanol–water partition coefficient (Wildman–Crippen LogP) is 6.37. The number of thiophene rings is 1. The summed E-state index contributed by atoms with van der Waals surface area (Å²) < 4.78 is 6.85. The minimum Gasteiger partial charge on any atom is -0.462 e. The van der Waals surface area contributed by atoms with Crippen LogP contribution in [0.15, 0.2) is 62.9 Å². The van der Waals surface area contributed by atoms with Crippen LogP contribution in [0.4, 0.5) is 5.00 Å². The van der Waals surface area contributed by atoms with E-state index in [0.717, 1.165) is 15.6 Å². The maximum Gasteiger partial charge on any atom is 0.341 e. The molecule has 0 saturated heterocycles. The minimum atomic E-state index is -0.459. The zero-order valence-corrected chi connectivity index (χ0v) is 18.3. The van der Waals surface area contributed by atoms with Crippen molar-refractivity contribution < 1.29 is 14.3 Å². The number of esters is 1. The first-order chi connectivity index (χ1) is 13.0. The molecule has 4 nitrogen and oxygen atoms in total. The summed E-state index contributed by atoms with van der Waals surface area (Å²) in [6, 6.07) is 14.8. The molecule has 0 aliphatic carbocycles. The van der Waals surface area contributed by atoms with Crippen molar-refractivity contribution in [2.75, 3.05) is 11.9 Å². The largest absolute Gasteiger partial charge is 0.462 e. The summed E-state index contributed by atoms with van der Waals surface area (Å²) in [5.41, 5.74) is 2.46. The number of rotatable bonds is 5. The highest BCUT2D eigenvalue weighted by Crippen LogP contribution is 2.37. The third-order valence-electron chi connectivity index (χ3n) is 3.77. The molecule has 7 heteroatoms. The summed E-state index contributed by atoms with van der Waals surface area (Å²) in [6.07, 6.45) is 0. The van der Waals surface area contributed by atoms with Gasteiger partial charge in [-0.1, -0.05) is 40.2 Å². The van der Waals surface area contributed by atoms with Crippen LogP contribution in [-0.2, 0) is 4.74 Å². The Morgan fingerprint density at radius 1 is 1.07 bits per heavy atom. The van der Waals surface area contributed by atoms with Gasteiger partial charge in [0.05, 0.1) is 12.2 Å². The molecular weight excluding hydrogens is 494 g/mol. The Balaban J connectivity index is 2.00. The molecule has 3 aromatic rings. The second-order valence-electron chi connectivity index (χ2n) is 5.51. The SMILES string of the molecule is CCOC(=O)c1c(-c2ccc(Br)cc2)csc1NC(=O)c1ccccc1Br. The molecule has 3 rings (SSSR count). The lowest BCUT2D eigenvalue weighted by atomic mass is 10.0.